The van der Waals surface area contributed by atoms with Crippen LogP contribution >= 0.6 is 24.4 Å². The zero-order chi connectivity index (χ0) is 18.1. The molecule has 24 heavy (non-hydrogen) atoms. The first kappa shape index (κ1) is 20.9. The molecule has 0 bridgehead atoms. The molecular weight excluding hydrogens is 332 g/mol. The van der Waals surface area contributed by atoms with Crippen molar-refractivity contribution in [1.29, 1.82) is 0 Å². The summed E-state index contributed by atoms with van der Waals surface area (Å²) in [6, 6.07) is 6.54. The van der Waals surface area contributed by atoms with E-state index in [1.54, 1.807) is 0 Å². The highest BCUT2D eigenvalue weighted by molar-refractivity contribution is 8.13. The van der Waals surface area contributed by atoms with Crippen LogP contribution in [0.2, 0.25) is 0 Å². The number of allylic oxidation sites excluding steroid dienone is 2. The summed E-state index contributed by atoms with van der Waals surface area (Å²) in [4.78, 5) is 5.87. The molecule has 0 aromatic heterocycles. The average molecular weight is 363 g/mol. The van der Waals surface area contributed by atoms with E-state index in [2.05, 4.69) is 70.8 Å². The molecule has 0 radical (unpaired) electrons. The van der Waals surface area contributed by atoms with Crippen molar-refractivity contribution in [2.45, 2.75) is 47.5 Å². The molecule has 0 aliphatic carbocycles. The van der Waals surface area contributed by atoms with E-state index in [9.17, 15) is 0 Å². The van der Waals surface area contributed by atoms with Crippen LogP contribution in [0.15, 0.2) is 45.4 Å². The Kier molecular flexibility index (Phi) is 9.30. The highest BCUT2D eigenvalue weighted by Crippen LogP contribution is 2.25. The van der Waals surface area contributed by atoms with E-state index in [0.717, 1.165) is 34.2 Å². The highest BCUT2D eigenvalue weighted by Gasteiger charge is 2.03. The summed E-state index contributed by atoms with van der Waals surface area (Å²) < 4.78 is 0. The minimum absolute atomic E-state index is 1.01. The number of nitrogens with zero attached hydrogens (tertiary/aromatic N) is 1. The SMILES string of the molecule is CCc1ccc(C)c(N=C(C)SCC/C(C)=C(S)\C(C)=C/NC)c1. The van der Waals surface area contributed by atoms with Gasteiger partial charge in [0.15, 0.2) is 0 Å². The van der Waals surface area contributed by atoms with Gasteiger partial charge in [0.05, 0.1) is 10.7 Å². The summed E-state index contributed by atoms with van der Waals surface area (Å²) >= 11 is 6.44. The fourth-order valence-electron chi connectivity index (χ4n) is 2.29. The molecule has 1 aromatic carbocycles. The first-order valence-electron chi connectivity index (χ1n) is 8.39. The van der Waals surface area contributed by atoms with Gasteiger partial charge in [0, 0.05) is 23.9 Å². The Labute approximate surface area is 157 Å². The van der Waals surface area contributed by atoms with Crippen molar-refractivity contribution < 1.29 is 0 Å². The lowest BCUT2D eigenvalue weighted by molar-refractivity contribution is 1.06. The molecule has 0 aliphatic heterocycles. The van der Waals surface area contributed by atoms with Crippen LogP contribution in [0.25, 0.3) is 0 Å². The zero-order valence-corrected chi connectivity index (χ0v) is 17.4. The summed E-state index contributed by atoms with van der Waals surface area (Å²) in [6.07, 6.45) is 4.04. The number of benzene rings is 1. The molecule has 0 atom stereocenters. The zero-order valence-electron chi connectivity index (χ0n) is 15.7. The van der Waals surface area contributed by atoms with Gasteiger partial charge in [-0.25, -0.2) is 4.99 Å². The second kappa shape index (κ2) is 10.7. The van der Waals surface area contributed by atoms with E-state index in [1.807, 2.05) is 25.0 Å². The fourth-order valence-corrected chi connectivity index (χ4v) is 3.33. The lowest BCUT2D eigenvalue weighted by Gasteiger charge is -2.08. The van der Waals surface area contributed by atoms with E-state index in [0.29, 0.717) is 0 Å². The van der Waals surface area contributed by atoms with E-state index in [-0.39, 0.29) is 0 Å². The van der Waals surface area contributed by atoms with Crippen LogP contribution in [-0.2, 0) is 6.42 Å². The molecule has 0 unspecified atom stereocenters. The Bertz CT molecular complexity index is 643. The first-order chi connectivity index (χ1) is 11.4. The van der Waals surface area contributed by atoms with Gasteiger partial charge in [-0.1, -0.05) is 24.6 Å². The Morgan fingerprint density at radius 1 is 1.29 bits per heavy atom. The van der Waals surface area contributed by atoms with Gasteiger partial charge in [0.1, 0.15) is 0 Å². The molecule has 0 aliphatic rings. The van der Waals surface area contributed by atoms with E-state index in [1.165, 1.54) is 22.3 Å². The molecule has 4 heteroatoms. The summed E-state index contributed by atoms with van der Waals surface area (Å²) in [5, 5.41) is 4.16. The molecule has 0 spiro atoms. The van der Waals surface area contributed by atoms with E-state index in [4.69, 9.17) is 4.99 Å². The van der Waals surface area contributed by atoms with Crippen molar-refractivity contribution in [2.75, 3.05) is 12.8 Å². The number of hydrogen-bond acceptors (Lipinski definition) is 4. The predicted octanol–water partition coefficient (Wildman–Crippen LogP) is 6.06. The predicted molar refractivity (Wildman–Crippen MR) is 115 cm³/mol. The number of aryl methyl sites for hydroxylation is 2. The maximum Gasteiger partial charge on any atom is 0.0707 e. The number of thioether (sulfide) groups is 1. The Morgan fingerprint density at radius 2 is 2.00 bits per heavy atom. The first-order valence-corrected chi connectivity index (χ1v) is 9.83. The summed E-state index contributed by atoms with van der Waals surface area (Å²) in [6.45, 7) is 10.6. The maximum absolute atomic E-state index is 4.80. The fraction of sp³-hybridized carbons (Fsp3) is 0.450. The number of hydrogen-bond donors (Lipinski definition) is 2. The Balaban J connectivity index is 2.68. The topological polar surface area (TPSA) is 24.4 Å². The molecule has 0 amide bonds. The van der Waals surface area contributed by atoms with E-state index < -0.39 is 0 Å². The van der Waals surface area contributed by atoms with Crippen LogP contribution in [0.5, 0.6) is 0 Å². The smallest absolute Gasteiger partial charge is 0.0707 e. The minimum Gasteiger partial charge on any atom is -0.394 e. The standard InChI is InChI=1S/C20H30N2S2/c1-7-18-9-8-14(2)19(12-18)22-17(5)24-11-10-15(3)20(23)16(4)13-21-6/h8-9,12-13,21,23H,7,10-11H2,1-6H3/b16-13-,20-15+,22-17?. The van der Waals surface area contributed by atoms with Crippen LogP contribution in [0.3, 0.4) is 0 Å². The van der Waals surface area contributed by atoms with Crippen LogP contribution < -0.4 is 5.32 Å². The third-order valence-electron chi connectivity index (χ3n) is 3.89. The molecule has 0 saturated carbocycles. The number of aliphatic imine (C=N–C) groups is 1. The molecule has 0 fully saturated rings. The van der Waals surface area contributed by atoms with Gasteiger partial charge in [-0.05, 0) is 63.3 Å². The molecule has 1 N–H and O–H groups in total. The van der Waals surface area contributed by atoms with Gasteiger partial charge in [0.25, 0.3) is 0 Å². The van der Waals surface area contributed by atoms with Crippen molar-refractivity contribution in [2.24, 2.45) is 4.99 Å². The third kappa shape index (κ3) is 6.78. The van der Waals surface area contributed by atoms with Gasteiger partial charge in [-0.3, -0.25) is 0 Å². The highest BCUT2D eigenvalue weighted by atomic mass is 32.2. The van der Waals surface area contributed by atoms with Gasteiger partial charge >= 0.3 is 0 Å². The number of thiol groups is 1. The molecule has 1 aromatic rings. The van der Waals surface area contributed by atoms with Crippen LogP contribution in [0.1, 0.15) is 45.2 Å². The summed E-state index contributed by atoms with van der Waals surface area (Å²) in [5.74, 6) is 1.02. The van der Waals surface area contributed by atoms with Crippen molar-refractivity contribution in [3.8, 4) is 0 Å². The van der Waals surface area contributed by atoms with Gasteiger partial charge in [-0.15, -0.1) is 24.4 Å². The second-order valence-electron chi connectivity index (χ2n) is 5.95. The molecule has 2 nitrogen and oxygen atoms in total. The van der Waals surface area contributed by atoms with Gasteiger partial charge in [0.2, 0.25) is 0 Å². The molecular formula is C20H30N2S2. The largest absolute Gasteiger partial charge is 0.394 e. The monoisotopic (exact) mass is 362 g/mol. The lowest BCUT2D eigenvalue weighted by atomic mass is 10.1. The van der Waals surface area contributed by atoms with Crippen molar-refractivity contribution >= 4 is 35.1 Å². The van der Waals surface area contributed by atoms with E-state index >= 15 is 0 Å². The quantitative estimate of drug-likeness (QED) is 0.267. The van der Waals surface area contributed by atoms with Crippen molar-refractivity contribution in [1.82, 2.24) is 5.32 Å². The minimum atomic E-state index is 1.01. The Hall–Kier alpha value is -1.13. The molecule has 1 rings (SSSR count). The number of nitrogens with one attached hydrogen (secondary N) is 1. The van der Waals surface area contributed by atoms with Crippen molar-refractivity contribution in [3.63, 3.8) is 0 Å². The third-order valence-corrected chi connectivity index (χ3v) is 5.54. The summed E-state index contributed by atoms with van der Waals surface area (Å²) in [5.41, 5.74) is 6.14. The average Bonchev–Trinajstić information content (AvgIpc) is 2.56. The van der Waals surface area contributed by atoms with Crippen LogP contribution in [0, 0.1) is 6.92 Å². The summed E-state index contributed by atoms with van der Waals surface area (Å²) in [7, 11) is 1.91. The Morgan fingerprint density at radius 3 is 2.62 bits per heavy atom. The molecule has 0 heterocycles. The van der Waals surface area contributed by atoms with Crippen LogP contribution in [0.4, 0.5) is 5.69 Å². The normalized spacial score (nSPS) is 13.8. The maximum atomic E-state index is 4.80. The second-order valence-corrected chi connectivity index (χ2v) is 7.68. The van der Waals surface area contributed by atoms with Gasteiger partial charge in [-0.2, -0.15) is 0 Å². The number of rotatable bonds is 7. The molecule has 0 saturated heterocycles. The molecule has 132 valence electrons. The lowest BCUT2D eigenvalue weighted by Crippen LogP contribution is -1.96. The van der Waals surface area contributed by atoms with Gasteiger partial charge < -0.3 is 5.32 Å². The van der Waals surface area contributed by atoms with Crippen molar-refractivity contribution in [3.05, 3.63) is 51.6 Å². The van der Waals surface area contributed by atoms with Crippen LogP contribution in [-0.4, -0.2) is 17.8 Å².